The van der Waals surface area contributed by atoms with Crippen LogP contribution in [0.15, 0.2) is 42.5 Å². The van der Waals surface area contributed by atoms with E-state index in [1.165, 1.54) is 0 Å². The Bertz CT molecular complexity index is 1120. The molecule has 1 atom stereocenters. The standard InChI is InChI=1S/C24H28Cl2N4O2/c1-24(2,3)32-23(31)27-18-7-6-12-29(15-18)22-28-20-8-4-5-9-21(20)30(22)14-16-10-11-17(25)13-19(16)26/h4-5,8-11,13,18H,6-7,12,14-15H2,1-3H3,(H,27,31)/t18-/m0/s1. The van der Waals surface area contributed by atoms with Crippen LogP contribution in [0.1, 0.15) is 39.2 Å². The molecule has 2 aromatic carbocycles. The first kappa shape index (κ1) is 22.7. The predicted octanol–water partition coefficient (Wildman–Crippen LogP) is 5.88. The summed E-state index contributed by atoms with van der Waals surface area (Å²) in [5.41, 5.74) is 2.41. The van der Waals surface area contributed by atoms with Crippen molar-refractivity contribution in [3.05, 3.63) is 58.1 Å². The number of amides is 1. The minimum absolute atomic E-state index is 0.00835. The summed E-state index contributed by atoms with van der Waals surface area (Å²) in [7, 11) is 0. The third-order valence-electron chi connectivity index (χ3n) is 5.40. The Labute approximate surface area is 198 Å². The van der Waals surface area contributed by atoms with E-state index in [0.29, 0.717) is 23.1 Å². The Morgan fingerprint density at radius 1 is 1.22 bits per heavy atom. The maximum atomic E-state index is 12.3. The molecule has 1 aliphatic rings. The number of halogens is 2. The van der Waals surface area contributed by atoms with E-state index >= 15 is 0 Å². The number of aromatic nitrogens is 2. The van der Waals surface area contributed by atoms with Crippen molar-refractivity contribution in [2.45, 2.75) is 51.8 Å². The molecule has 0 unspecified atom stereocenters. The molecule has 2 heterocycles. The molecule has 1 aromatic heterocycles. The normalized spacial score (nSPS) is 16.9. The molecule has 1 aliphatic heterocycles. The smallest absolute Gasteiger partial charge is 0.407 e. The van der Waals surface area contributed by atoms with E-state index in [-0.39, 0.29) is 12.1 Å². The van der Waals surface area contributed by atoms with Gasteiger partial charge in [0.25, 0.3) is 0 Å². The average molecular weight is 475 g/mol. The molecule has 0 radical (unpaired) electrons. The highest BCUT2D eigenvalue weighted by Crippen LogP contribution is 2.29. The lowest BCUT2D eigenvalue weighted by Crippen LogP contribution is -2.49. The van der Waals surface area contributed by atoms with E-state index in [9.17, 15) is 4.79 Å². The van der Waals surface area contributed by atoms with Gasteiger partial charge in [-0.2, -0.15) is 0 Å². The molecular formula is C24H28Cl2N4O2. The SMILES string of the molecule is CC(C)(C)OC(=O)N[C@H]1CCCN(c2nc3ccccc3n2Cc2ccc(Cl)cc2Cl)C1. The number of imidazole rings is 1. The molecule has 1 saturated heterocycles. The van der Waals surface area contributed by atoms with Crippen LogP contribution in [-0.4, -0.2) is 40.4 Å². The number of alkyl carbamates (subject to hydrolysis) is 1. The van der Waals surface area contributed by atoms with Crippen LogP contribution in [0.4, 0.5) is 10.7 Å². The fourth-order valence-electron chi connectivity index (χ4n) is 4.03. The van der Waals surface area contributed by atoms with Crippen molar-refractivity contribution in [3.8, 4) is 0 Å². The van der Waals surface area contributed by atoms with E-state index in [1.54, 1.807) is 6.07 Å². The first-order valence-electron chi connectivity index (χ1n) is 10.8. The third-order valence-corrected chi connectivity index (χ3v) is 5.99. The highest BCUT2D eigenvalue weighted by molar-refractivity contribution is 6.35. The second-order valence-corrected chi connectivity index (χ2v) is 10.00. The van der Waals surface area contributed by atoms with E-state index in [2.05, 4.69) is 20.9 Å². The minimum atomic E-state index is -0.524. The lowest BCUT2D eigenvalue weighted by molar-refractivity contribution is 0.0500. The lowest BCUT2D eigenvalue weighted by atomic mass is 10.1. The molecular weight excluding hydrogens is 447 g/mol. The summed E-state index contributed by atoms with van der Waals surface area (Å²) in [6, 6.07) is 13.6. The molecule has 4 rings (SSSR count). The van der Waals surface area contributed by atoms with Gasteiger partial charge in [-0.15, -0.1) is 0 Å². The largest absolute Gasteiger partial charge is 0.444 e. The Hall–Kier alpha value is -2.44. The van der Waals surface area contributed by atoms with Crippen LogP contribution in [-0.2, 0) is 11.3 Å². The number of fused-ring (bicyclic) bond motifs is 1. The Balaban J connectivity index is 1.60. The van der Waals surface area contributed by atoms with Gasteiger partial charge in [-0.25, -0.2) is 9.78 Å². The Morgan fingerprint density at radius 3 is 2.75 bits per heavy atom. The number of rotatable bonds is 4. The number of para-hydroxylation sites is 2. The number of nitrogens with one attached hydrogen (secondary N) is 1. The molecule has 0 spiro atoms. The number of carbonyl (C=O) groups is 1. The molecule has 1 amide bonds. The predicted molar refractivity (Wildman–Crippen MR) is 130 cm³/mol. The van der Waals surface area contributed by atoms with Gasteiger partial charge in [-0.1, -0.05) is 41.4 Å². The van der Waals surface area contributed by atoms with Crippen LogP contribution >= 0.6 is 23.2 Å². The number of carbonyl (C=O) groups excluding carboxylic acids is 1. The molecule has 8 heteroatoms. The first-order valence-corrected chi connectivity index (χ1v) is 11.6. The van der Waals surface area contributed by atoms with Crippen molar-refractivity contribution in [1.29, 1.82) is 0 Å². The van der Waals surface area contributed by atoms with Gasteiger partial charge in [-0.05, 0) is 63.4 Å². The zero-order chi connectivity index (χ0) is 22.9. The summed E-state index contributed by atoms with van der Waals surface area (Å²) in [6.07, 6.45) is 1.47. The van der Waals surface area contributed by atoms with E-state index in [1.807, 2.05) is 51.1 Å². The van der Waals surface area contributed by atoms with E-state index in [0.717, 1.165) is 41.9 Å². The molecule has 3 aromatic rings. The molecule has 0 aliphatic carbocycles. The van der Waals surface area contributed by atoms with Crippen molar-refractivity contribution in [1.82, 2.24) is 14.9 Å². The van der Waals surface area contributed by atoms with Crippen molar-refractivity contribution in [2.24, 2.45) is 0 Å². The van der Waals surface area contributed by atoms with Gasteiger partial charge in [0.05, 0.1) is 17.6 Å². The molecule has 6 nitrogen and oxygen atoms in total. The third kappa shape index (κ3) is 5.30. The van der Waals surface area contributed by atoms with Crippen molar-refractivity contribution < 1.29 is 9.53 Å². The van der Waals surface area contributed by atoms with Crippen LogP contribution in [0.2, 0.25) is 10.0 Å². The highest BCUT2D eigenvalue weighted by atomic mass is 35.5. The monoisotopic (exact) mass is 474 g/mol. The maximum absolute atomic E-state index is 12.3. The van der Waals surface area contributed by atoms with Crippen molar-refractivity contribution >= 4 is 46.3 Å². The van der Waals surface area contributed by atoms with E-state index < -0.39 is 5.60 Å². The number of anilines is 1. The van der Waals surface area contributed by atoms with Gasteiger partial charge in [0.15, 0.2) is 0 Å². The number of hydrogen-bond donors (Lipinski definition) is 1. The first-order chi connectivity index (χ1) is 15.2. The van der Waals surface area contributed by atoms with Crippen molar-refractivity contribution in [2.75, 3.05) is 18.0 Å². The second-order valence-electron chi connectivity index (χ2n) is 9.15. The average Bonchev–Trinajstić information content (AvgIpc) is 3.07. The number of piperidine rings is 1. The summed E-state index contributed by atoms with van der Waals surface area (Å²) < 4.78 is 7.62. The van der Waals surface area contributed by atoms with Crippen LogP contribution in [0.5, 0.6) is 0 Å². The van der Waals surface area contributed by atoms with Crippen LogP contribution in [0.25, 0.3) is 11.0 Å². The summed E-state index contributed by atoms with van der Waals surface area (Å²) in [5.74, 6) is 0.868. The quantitative estimate of drug-likeness (QED) is 0.512. The van der Waals surface area contributed by atoms with E-state index in [4.69, 9.17) is 32.9 Å². The number of ether oxygens (including phenoxy) is 1. The van der Waals surface area contributed by atoms with Gasteiger partial charge in [0.1, 0.15) is 5.60 Å². The van der Waals surface area contributed by atoms with Crippen LogP contribution < -0.4 is 10.2 Å². The second kappa shape index (κ2) is 9.20. The van der Waals surface area contributed by atoms with Gasteiger partial charge >= 0.3 is 6.09 Å². The van der Waals surface area contributed by atoms with Gasteiger partial charge < -0.3 is 19.5 Å². The summed E-state index contributed by atoms with van der Waals surface area (Å²) in [6.45, 7) is 7.70. The Kier molecular flexibility index (Phi) is 6.54. The lowest BCUT2D eigenvalue weighted by Gasteiger charge is -2.34. The highest BCUT2D eigenvalue weighted by Gasteiger charge is 2.27. The zero-order valence-electron chi connectivity index (χ0n) is 18.6. The summed E-state index contributed by atoms with van der Waals surface area (Å²) >= 11 is 12.6. The van der Waals surface area contributed by atoms with Crippen LogP contribution in [0.3, 0.4) is 0 Å². The van der Waals surface area contributed by atoms with Gasteiger partial charge in [0.2, 0.25) is 5.95 Å². The molecule has 170 valence electrons. The number of benzene rings is 2. The Morgan fingerprint density at radius 2 is 2.00 bits per heavy atom. The number of nitrogens with zero attached hydrogens (tertiary/aromatic N) is 3. The molecule has 1 N–H and O–H groups in total. The van der Waals surface area contributed by atoms with Crippen molar-refractivity contribution in [3.63, 3.8) is 0 Å². The molecule has 32 heavy (non-hydrogen) atoms. The fourth-order valence-corrected chi connectivity index (χ4v) is 4.50. The zero-order valence-corrected chi connectivity index (χ0v) is 20.1. The maximum Gasteiger partial charge on any atom is 0.407 e. The fraction of sp³-hybridized carbons (Fsp3) is 0.417. The molecule has 0 saturated carbocycles. The van der Waals surface area contributed by atoms with Gasteiger partial charge in [-0.3, -0.25) is 0 Å². The number of hydrogen-bond acceptors (Lipinski definition) is 4. The minimum Gasteiger partial charge on any atom is -0.444 e. The topological polar surface area (TPSA) is 59.4 Å². The summed E-state index contributed by atoms with van der Waals surface area (Å²) in [4.78, 5) is 19.4. The van der Waals surface area contributed by atoms with Gasteiger partial charge in [0, 0.05) is 29.2 Å². The van der Waals surface area contributed by atoms with Crippen LogP contribution in [0, 0.1) is 0 Å². The molecule has 1 fully saturated rings. The summed E-state index contributed by atoms with van der Waals surface area (Å²) in [5, 5.41) is 4.26. The molecule has 0 bridgehead atoms.